The van der Waals surface area contributed by atoms with Crippen LogP contribution in [0.4, 0.5) is 0 Å². The number of rotatable bonds is 6. The number of carbonyl (C=O) groups is 3. The molecule has 25 heavy (non-hydrogen) atoms. The minimum absolute atomic E-state index is 0.148. The van der Waals surface area contributed by atoms with Gasteiger partial charge in [0.15, 0.2) is 0 Å². The number of carboxylic acids is 1. The molecule has 1 aromatic carbocycles. The van der Waals surface area contributed by atoms with Gasteiger partial charge >= 0.3 is 5.97 Å². The molecule has 6 heteroatoms. The normalized spacial score (nSPS) is 20.2. The van der Waals surface area contributed by atoms with Gasteiger partial charge in [-0.2, -0.15) is 0 Å². The van der Waals surface area contributed by atoms with Gasteiger partial charge in [-0.15, -0.1) is 0 Å². The summed E-state index contributed by atoms with van der Waals surface area (Å²) in [5, 5.41) is 11.9. The lowest BCUT2D eigenvalue weighted by atomic mass is 9.92. The number of hydrogen-bond acceptors (Lipinski definition) is 3. The van der Waals surface area contributed by atoms with Gasteiger partial charge < -0.3 is 15.3 Å². The summed E-state index contributed by atoms with van der Waals surface area (Å²) in [6.45, 7) is 4.28. The largest absolute Gasteiger partial charge is 0.480 e. The van der Waals surface area contributed by atoms with Gasteiger partial charge in [0.2, 0.25) is 11.8 Å². The van der Waals surface area contributed by atoms with E-state index in [1.165, 1.54) is 10.5 Å². The Labute approximate surface area is 148 Å². The van der Waals surface area contributed by atoms with Crippen LogP contribution in [0.1, 0.15) is 37.3 Å². The SMILES string of the molecule is Cc1ccc(CCC(=O)NCC(=O)N2CCC(C)CC2C(=O)O)cc1. The molecule has 0 spiro atoms. The van der Waals surface area contributed by atoms with E-state index in [0.29, 0.717) is 25.8 Å². The van der Waals surface area contributed by atoms with Crippen LogP contribution in [0.2, 0.25) is 0 Å². The lowest BCUT2D eigenvalue weighted by molar-refractivity contribution is -0.152. The van der Waals surface area contributed by atoms with Crippen LogP contribution in [0.5, 0.6) is 0 Å². The van der Waals surface area contributed by atoms with Crippen molar-refractivity contribution in [3.63, 3.8) is 0 Å². The Balaban J connectivity index is 1.79. The molecule has 0 aliphatic carbocycles. The molecule has 0 aromatic heterocycles. The minimum atomic E-state index is -0.981. The number of aryl methyl sites for hydroxylation is 2. The smallest absolute Gasteiger partial charge is 0.326 e. The first-order valence-electron chi connectivity index (χ1n) is 8.71. The van der Waals surface area contributed by atoms with Crippen molar-refractivity contribution in [3.05, 3.63) is 35.4 Å². The molecule has 2 unspecified atom stereocenters. The number of carbonyl (C=O) groups excluding carboxylic acids is 2. The minimum Gasteiger partial charge on any atom is -0.480 e. The van der Waals surface area contributed by atoms with Gasteiger partial charge in [0.1, 0.15) is 6.04 Å². The molecular formula is C19H26N2O4. The number of carboxylic acid groups (broad SMARTS) is 1. The lowest BCUT2D eigenvalue weighted by Crippen LogP contribution is -2.52. The third-order valence-corrected chi connectivity index (χ3v) is 4.67. The van der Waals surface area contributed by atoms with Crippen LogP contribution >= 0.6 is 0 Å². The number of aliphatic carboxylic acids is 1. The van der Waals surface area contributed by atoms with Crippen LogP contribution < -0.4 is 5.32 Å². The Kier molecular flexibility index (Phi) is 6.56. The molecule has 1 aliphatic heterocycles. The molecule has 2 N–H and O–H groups in total. The Hall–Kier alpha value is -2.37. The Morgan fingerprint density at radius 2 is 1.92 bits per heavy atom. The van der Waals surface area contributed by atoms with Crippen LogP contribution in [0.15, 0.2) is 24.3 Å². The fraction of sp³-hybridized carbons (Fsp3) is 0.526. The number of nitrogens with one attached hydrogen (secondary N) is 1. The molecule has 1 saturated heterocycles. The van der Waals surface area contributed by atoms with Gasteiger partial charge in [0.25, 0.3) is 0 Å². The van der Waals surface area contributed by atoms with E-state index in [1.807, 2.05) is 38.1 Å². The van der Waals surface area contributed by atoms with Crippen molar-refractivity contribution in [2.75, 3.05) is 13.1 Å². The maximum Gasteiger partial charge on any atom is 0.326 e. The molecule has 0 bridgehead atoms. The third kappa shape index (κ3) is 5.59. The molecule has 0 radical (unpaired) electrons. The standard InChI is InChI=1S/C19H26N2O4/c1-13-3-5-15(6-4-13)7-8-17(22)20-12-18(23)21-10-9-14(2)11-16(21)19(24)25/h3-6,14,16H,7-12H2,1-2H3,(H,20,22)(H,24,25). The first-order valence-corrected chi connectivity index (χ1v) is 8.71. The molecule has 1 fully saturated rings. The number of piperidine rings is 1. The van der Waals surface area contributed by atoms with Crippen molar-refractivity contribution in [1.82, 2.24) is 10.2 Å². The van der Waals surface area contributed by atoms with E-state index in [1.54, 1.807) is 0 Å². The van der Waals surface area contributed by atoms with Crippen molar-refractivity contribution in [1.29, 1.82) is 0 Å². The number of hydrogen-bond donors (Lipinski definition) is 2. The van der Waals surface area contributed by atoms with Gasteiger partial charge in [0.05, 0.1) is 6.54 Å². The van der Waals surface area contributed by atoms with E-state index in [2.05, 4.69) is 5.32 Å². The molecule has 136 valence electrons. The van der Waals surface area contributed by atoms with Gasteiger partial charge in [-0.05, 0) is 37.7 Å². The Morgan fingerprint density at radius 1 is 1.24 bits per heavy atom. The summed E-state index contributed by atoms with van der Waals surface area (Å²) in [5.41, 5.74) is 2.24. The van der Waals surface area contributed by atoms with Gasteiger partial charge in [0, 0.05) is 13.0 Å². The Bertz CT molecular complexity index is 627. The number of likely N-dealkylation sites (tertiary alicyclic amines) is 1. The molecule has 0 saturated carbocycles. The molecular weight excluding hydrogens is 320 g/mol. The van der Waals surface area contributed by atoms with Gasteiger partial charge in [-0.1, -0.05) is 36.8 Å². The van der Waals surface area contributed by atoms with Crippen LogP contribution in [0.25, 0.3) is 0 Å². The number of benzene rings is 1. The second-order valence-corrected chi connectivity index (χ2v) is 6.83. The van der Waals surface area contributed by atoms with E-state index in [4.69, 9.17) is 0 Å². The first-order chi connectivity index (χ1) is 11.9. The highest BCUT2D eigenvalue weighted by Gasteiger charge is 2.34. The van der Waals surface area contributed by atoms with Gasteiger partial charge in [-0.3, -0.25) is 9.59 Å². The van der Waals surface area contributed by atoms with E-state index in [-0.39, 0.29) is 24.3 Å². The summed E-state index contributed by atoms with van der Waals surface area (Å²) in [4.78, 5) is 37.0. The number of amides is 2. The molecule has 1 aromatic rings. The maximum atomic E-state index is 12.3. The zero-order valence-electron chi connectivity index (χ0n) is 14.8. The molecule has 1 aliphatic rings. The average molecular weight is 346 g/mol. The quantitative estimate of drug-likeness (QED) is 0.822. The number of nitrogens with zero attached hydrogens (tertiary/aromatic N) is 1. The fourth-order valence-corrected chi connectivity index (χ4v) is 3.05. The third-order valence-electron chi connectivity index (χ3n) is 4.67. The van der Waals surface area contributed by atoms with Crippen LogP contribution in [0, 0.1) is 12.8 Å². The monoisotopic (exact) mass is 346 g/mol. The van der Waals surface area contributed by atoms with Crippen molar-refractivity contribution in [2.45, 2.75) is 45.6 Å². The van der Waals surface area contributed by atoms with E-state index in [9.17, 15) is 19.5 Å². The highest BCUT2D eigenvalue weighted by molar-refractivity contribution is 5.88. The molecule has 6 nitrogen and oxygen atoms in total. The van der Waals surface area contributed by atoms with Gasteiger partial charge in [-0.25, -0.2) is 4.79 Å². The van der Waals surface area contributed by atoms with Crippen molar-refractivity contribution in [3.8, 4) is 0 Å². The zero-order valence-corrected chi connectivity index (χ0v) is 14.8. The summed E-state index contributed by atoms with van der Waals surface area (Å²) in [6, 6.07) is 7.18. The van der Waals surface area contributed by atoms with E-state index < -0.39 is 12.0 Å². The molecule has 2 amide bonds. The molecule has 2 atom stereocenters. The predicted molar refractivity (Wildman–Crippen MR) is 94.0 cm³/mol. The summed E-state index contributed by atoms with van der Waals surface area (Å²) < 4.78 is 0. The predicted octanol–water partition coefficient (Wildman–Crippen LogP) is 1.76. The van der Waals surface area contributed by atoms with Crippen LogP contribution in [-0.2, 0) is 20.8 Å². The summed E-state index contributed by atoms with van der Waals surface area (Å²) >= 11 is 0. The maximum absolute atomic E-state index is 12.3. The average Bonchev–Trinajstić information content (AvgIpc) is 2.59. The summed E-state index contributed by atoms with van der Waals surface area (Å²) in [5.74, 6) is -1.23. The van der Waals surface area contributed by atoms with E-state index in [0.717, 1.165) is 12.0 Å². The second kappa shape index (κ2) is 8.65. The van der Waals surface area contributed by atoms with Crippen molar-refractivity contribution >= 4 is 17.8 Å². The van der Waals surface area contributed by atoms with Crippen LogP contribution in [0.3, 0.4) is 0 Å². The van der Waals surface area contributed by atoms with Crippen LogP contribution in [-0.4, -0.2) is 46.9 Å². The second-order valence-electron chi connectivity index (χ2n) is 6.83. The molecule has 2 rings (SSSR count). The molecule has 1 heterocycles. The van der Waals surface area contributed by atoms with E-state index >= 15 is 0 Å². The lowest BCUT2D eigenvalue weighted by Gasteiger charge is -2.36. The first kappa shape index (κ1) is 19.0. The van der Waals surface area contributed by atoms with Crippen molar-refractivity contribution < 1.29 is 19.5 Å². The summed E-state index contributed by atoms with van der Waals surface area (Å²) in [7, 11) is 0. The topological polar surface area (TPSA) is 86.7 Å². The summed E-state index contributed by atoms with van der Waals surface area (Å²) in [6.07, 6.45) is 2.16. The Morgan fingerprint density at radius 3 is 2.56 bits per heavy atom. The fourth-order valence-electron chi connectivity index (χ4n) is 3.05. The zero-order chi connectivity index (χ0) is 18.4. The van der Waals surface area contributed by atoms with Crippen molar-refractivity contribution in [2.24, 2.45) is 5.92 Å². The highest BCUT2D eigenvalue weighted by Crippen LogP contribution is 2.22. The highest BCUT2D eigenvalue weighted by atomic mass is 16.4.